The minimum Gasteiger partial charge on any atom is -0.318 e. The second-order valence-corrected chi connectivity index (χ2v) is 6.61. The smallest absolute Gasteiger partial charge is 0.318 e. The Morgan fingerprint density at radius 2 is 1.72 bits per heavy atom. The maximum Gasteiger partial charge on any atom is 0.344 e. The van der Waals surface area contributed by atoms with Crippen LogP contribution in [0.1, 0.15) is 22.8 Å². The van der Waals surface area contributed by atoms with E-state index in [4.69, 9.17) is 0 Å². The third-order valence-electron chi connectivity index (χ3n) is 4.11. The van der Waals surface area contributed by atoms with Crippen LogP contribution in [0, 0.1) is 0 Å². The van der Waals surface area contributed by atoms with Gasteiger partial charge in [-0.15, -0.1) is 11.8 Å². The van der Waals surface area contributed by atoms with Gasteiger partial charge in [-0.05, 0) is 43.0 Å². The Morgan fingerprint density at radius 3 is 2.32 bits per heavy atom. The lowest BCUT2D eigenvalue weighted by Gasteiger charge is -2.22. The summed E-state index contributed by atoms with van der Waals surface area (Å²) in [5, 5.41) is 3.37. The molecule has 7 heteroatoms. The molecule has 1 fully saturated rings. The molecule has 2 aromatic carbocycles. The summed E-state index contributed by atoms with van der Waals surface area (Å²) in [5.74, 6) is -1.05. The molecule has 0 aliphatic carbocycles. The third-order valence-corrected chi connectivity index (χ3v) is 4.85. The molecule has 4 amide bonds. The van der Waals surface area contributed by atoms with Crippen molar-refractivity contribution < 1.29 is 14.4 Å². The largest absolute Gasteiger partial charge is 0.344 e. The molecule has 1 atom stereocenters. The molecule has 6 nitrogen and oxygen atoms in total. The molecule has 0 unspecified atom stereocenters. The minimum absolute atomic E-state index is 0.367. The highest BCUT2D eigenvalue weighted by molar-refractivity contribution is 7.98. The van der Waals surface area contributed by atoms with Gasteiger partial charge in [0.05, 0.1) is 0 Å². The minimum atomic E-state index is -1.21. The number of hydrazine groups is 1. The predicted molar refractivity (Wildman–Crippen MR) is 94.9 cm³/mol. The molecule has 1 saturated heterocycles. The third kappa shape index (κ3) is 3.10. The van der Waals surface area contributed by atoms with E-state index in [1.54, 1.807) is 67.2 Å². The van der Waals surface area contributed by atoms with Gasteiger partial charge in [0, 0.05) is 10.5 Å². The van der Waals surface area contributed by atoms with Gasteiger partial charge in [-0.25, -0.2) is 4.79 Å². The number of imide groups is 1. The first kappa shape index (κ1) is 17.0. The van der Waals surface area contributed by atoms with Crippen LogP contribution < -0.4 is 10.7 Å². The number of amides is 4. The van der Waals surface area contributed by atoms with Crippen LogP contribution in [-0.4, -0.2) is 29.1 Å². The van der Waals surface area contributed by atoms with E-state index < -0.39 is 23.4 Å². The number of nitrogens with one attached hydrogen (secondary N) is 2. The number of rotatable bonds is 4. The van der Waals surface area contributed by atoms with Crippen LogP contribution in [0.4, 0.5) is 4.79 Å². The number of hydrogen-bond donors (Lipinski definition) is 2. The number of benzene rings is 2. The molecule has 128 valence electrons. The standard InChI is InChI=1S/C18H17N3O3S/c1-18(13-6-4-3-5-7-13)16(23)21(17(24)19-18)20-15(22)12-8-10-14(25-2)11-9-12/h3-11H,1-2H3,(H,19,24)(H,20,22)/t18-/m0/s1. The Balaban J connectivity index is 1.80. The molecule has 3 rings (SSSR count). The van der Waals surface area contributed by atoms with E-state index in [2.05, 4.69) is 10.7 Å². The highest BCUT2D eigenvalue weighted by Crippen LogP contribution is 2.27. The van der Waals surface area contributed by atoms with Crippen molar-refractivity contribution in [3.8, 4) is 0 Å². The maximum atomic E-state index is 12.7. The molecular formula is C18H17N3O3S. The van der Waals surface area contributed by atoms with Crippen molar-refractivity contribution in [2.24, 2.45) is 0 Å². The highest BCUT2D eigenvalue weighted by atomic mass is 32.2. The Bertz CT molecular complexity index is 823. The summed E-state index contributed by atoms with van der Waals surface area (Å²) >= 11 is 1.56. The summed E-state index contributed by atoms with van der Waals surface area (Å²) in [6, 6.07) is 15.2. The molecule has 1 heterocycles. The monoisotopic (exact) mass is 355 g/mol. The average Bonchev–Trinajstić information content (AvgIpc) is 2.86. The number of thioether (sulfide) groups is 1. The summed E-state index contributed by atoms with van der Waals surface area (Å²) in [7, 11) is 0. The van der Waals surface area contributed by atoms with Crippen molar-refractivity contribution in [3.05, 3.63) is 65.7 Å². The van der Waals surface area contributed by atoms with Crippen molar-refractivity contribution >= 4 is 29.6 Å². The van der Waals surface area contributed by atoms with Gasteiger partial charge in [0.1, 0.15) is 5.54 Å². The highest BCUT2D eigenvalue weighted by Gasteiger charge is 2.50. The molecule has 2 aromatic rings. The number of carbonyl (C=O) groups excluding carboxylic acids is 3. The van der Waals surface area contributed by atoms with Gasteiger partial charge in [0.25, 0.3) is 11.8 Å². The molecule has 0 saturated carbocycles. The second kappa shape index (κ2) is 6.60. The quantitative estimate of drug-likeness (QED) is 0.652. The van der Waals surface area contributed by atoms with E-state index in [0.717, 1.165) is 9.90 Å². The summed E-state index contributed by atoms with van der Waals surface area (Å²) in [5.41, 5.74) is 2.18. The van der Waals surface area contributed by atoms with Gasteiger partial charge in [-0.2, -0.15) is 5.01 Å². The number of nitrogens with zero attached hydrogens (tertiary/aromatic N) is 1. The zero-order chi connectivity index (χ0) is 18.0. The van der Waals surface area contributed by atoms with Crippen LogP contribution in [0.2, 0.25) is 0 Å². The topological polar surface area (TPSA) is 78.5 Å². The summed E-state index contributed by atoms with van der Waals surface area (Å²) in [6.45, 7) is 1.61. The van der Waals surface area contributed by atoms with Gasteiger partial charge < -0.3 is 5.32 Å². The molecule has 0 radical (unpaired) electrons. The number of hydrogen-bond acceptors (Lipinski definition) is 4. The van der Waals surface area contributed by atoms with Crippen LogP contribution in [-0.2, 0) is 10.3 Å². The van der Waals surface area contributed by atoms with E-state index in [9.17, 15) is 14.4 Å². The Morgan fingerprint density at radius 1 is 1.08 bits per heavy atom. The van der Waals surface area contributed by atoms with Crippen molar-refractivity contribution in [2.45, 2.75) is 17.4 Å². The predicted octanol–water partition coefficient (Wildman–Crippen LogP) is 2.52. The van der Waals surface area contributed by atoms with Gasteiger partial charge in [-0.1, -0.05) is 30.3 Å². The number of urea groups is 1. The first-order chi connectivity index (χ1) is 12.0. The Kier molecular flexibility index (Phi) is 4.50. The van der Waals surface area contributed by atoms with Crippen LogP contribution in [0.5, 0.6) is 0 Å². The van der Waals surface area contributed by atoms with Crippen LogP contribution in [0.3, 0.4) is 0 Å². The summed E-state index contributed by atoms with van der Waals surface area (Å²) in [4.78, 5) is 38.3. The van der Waals surface area contributed by atoms with E-state index in [1.807, 2.05) is 12.3 Å². The SMILES string of the molecule is CSc1ccc(C(=O)NN2C(=O)N[C@@](C)(c3ccccc3)C2=O)cc1. The zero-order valence-electron chi connectivity index (χ0n) is 13.8. The zero-order valence-corrected chi connectivity index (χ0v) is 14.6. The molecule has 1 aliphatic heterocycles. The van der Waals surface area contributed by atoms with E-state index in [1.165, 1.54) is 0 Å². The van der Waals surface area contributed by atoms with Crippen LogP contribution in [0.15, 0.2) is 59.5 Å². The fourth-order valence-corrected chi connectivity index (χ4v) is 3.02. The van der Waals surface area contributed by atoms with Crippen molar-refractivity contribution in [1.29, 1.82) is 0 Å². The normalized spacial score (nSPS) is 19.7. The molecule has 1 aliphatic rings. The lowest BCUT2D eigenvalue weighted by atomic mass is 9.92. The number of carbonyl (C=O) groups is 3. The lowest BCUT2D eigenvalue weighted by molar-refractivity contribution is -0.132. The molecular weight excluding hydrogens is 338 g/mol. The molecule has 25 heavy (non-hydrogen) atoms. The Labute approximate surface area is 149 Å². The van der Waals surface area contributed by atoms with Crippen molar-refractivity contribution in [3.63, 3.8) is 0 Å². The lowest BCUT2D eigenvalue weighted by Crippen LogP contribution is -2.47. The summed E-state index contributed by atoms with van der Waals surface area (Å²) < 4.78 is 0. The van der Waals surface area contributed by atoms with Gasteiger partial charge in [0.2, 0.25) is 0 Å². The van der Waals surface area contributed by atoms with Crippen molar-refractivity contribution in [2.75, 3.05) is 6.26 Å². The van der Waals surface area contributed by atoms with E-state index in [-0.39, 0.29) is 0 Å². The molecule has 2 N–H and O–H groups in total. The average molecular weight is 355 g/mol. The molecule has 0 bridgehead atoms. The maximum absolute atomic E-state index is 12.7. The molecule has 0 aromatic heterocycles. The fourth-order valence-electron chi connectivity index (χ4n) is 2.62. The van der Waals surface area contributed by atoms with E-state index >= 15 is 0 Å². The van der Waals surface area contributed by atoms with Crippen LogP contribution in [0.25, 0.3) is 0 Å². The van der Waals surface area contributed by atoms with Gasteiger partial charge in [0.15, 0.2) is 0 Å². The summed E-state index contributed by atoms with van der Waals surface area (Å²) in [6.07, 6.45) is 1.94. The fraction of sp³-hybridized carbons (Fsp3) is 0.167. The van der Waals surface area contributed by atoms with Gasteiger partial charge in [-0.3, -0.25) is 15.0 Å². The Hall–Kier alpha value is -2.80. The first-order valence-corrected chi connectivity index (χ1v) is 8.85. The van der Waals surface area contributed by atoms with E-state index in [0.29, 0.717) is 11.1 Å². The van der Waals surface area contributed by atoms with Crippen molar-refractivity contribution in [1.82, 2.24) is 15.8 Å². The first-order valence-electron chi connectivity index (χ1n) is 7.63. The molecule has 0 spiro atoms. The van der Waals surface area contributed by atoms with Crippen LogP contribution >= 0.6 is 11.8 Å². The van der Waals surface area contributed by atoms with Gasteiger partial charge >= 0.3 is 6.03 Å². The second-order valence-electron chi connectivity index (χ2n) is 5.73.